The first-order chi connectivity index (χ1) is 6.13. The van der Waals surface area contributed by atoms with E-state index in [1.807, 2.05) is 6.92 Å². The molecule has 5 N–H and O–H groups in total. The van der Waals surface area contributed by atoms with Crippen molar-refractivity contribution in [2.75, 3.05) is 0 Å². The minimum absolute atomic E-state index is 0.000602. The van der Waals surface area contributed by atoms with Crippen LogP contribution in [-0.4, -0.2) is 12.5 Å². The Morgan fingerprint density at radius 2 is 2.31 bits per heavy atom. The Balaban J connectivity index is 4.13. The zero-order valence-electron chi connectivity index (χ0n) is 8.04. The second-order valence-corrected chi connectivity index (χ2v) is 2.60. The van der Waals surface area contributed by atoms with Crippen molar-refractivity contribution in [1.82, 2.24) is 5.32 Å². The van der Waals surface area contributed by atoms with Gasteiger partial charge in [-0.15, -0.1) is 0 Å². The van der Waals surface area contributed by atoms with E-state index in [1.165, 1.54) is 6.34 Å². The summed E-state index contributed by atoms with van der Waals surface area (Å²) < 4.78 is 0. The third-order valence-corrected chi connectivity index (χ3v) is 1.67. The fourth-order valence-electron chi connectivity index (χ4n) is 0.691. The summed E-state index contributed by atoms with van der Waals surface area (Å²) in [6.07, 6.45) is 0.823. The van der Waals surface area contributed by atoms with Gasteiger partial charge in [0.05, 0.1) is 6.34 Å². The molecule has 0 fully saturated rings. The Morgan fingerprint density at radius 3 is 2.77 bits per heavy atom. The largest absolute Gasteiger partial charge is 0.390 e. The number of hydrogen-bond acceptors (Lipinski definition) is 3. The van der Waals surface area contributed by atoms with Crippen molar-refractivity contribution >= 4 is 6.34 Å². The molecule has 0 saturated carbocycles. The highest BCUT2D eigenvalue weighted by atomic mass is 15.0. The molecule has 0 heterocycles. The molecule has 0 aromatic carbocycles. The van der Waals surface area contributed by atoms with Crippen molar-refractivity contribution in [3.05, 3.63) is 12.3 Å². The lowest BCUT2D eigenvalue weighted by Gasteiger charge is -2.17. The van der Waals surface area contributed by atoms with Gasteiger partial charge in [0.15, 0.2) is 0 Å². The average molecular weight is 180 g/mol. The van der Waals surface area contributed by atoms with Gasteiger partial charge in [-0.3, -0.25) is 4.99 Å². The minimum atomic E-state index is -0.372. The topological polar surface area (TPSA) is 76.4 Å². The van der Waals surface area contributed by atoms with Crippen LogP contribution < -0.4 is 16.8 Å². The van der Waals surface area contributed by atoms with Gasteiger partial charge in [0.1, 0.15) is 6.17 Å². The van der Waals surface area contributed by atoms with Gasteiger partial charge in [-0.2, -0.15) is 0 Å². The van der Waals surface area contributed by atoms with Gasteiger partial charge < -0.3 is 16.8 Å². The Kier molecular flexibility index (Phi) is 5.40. The molecule has 2 atom stereocenters. The van der Waals surface area contributed by atoms with E-state index in [9.17, 15) is 0 Å². The summed E-state index contributed by atoms with van der Waals surface area (Å²) in [5.41, 5.74) is 11.5. The lowest BCUT2D eigenvalue weighted by Crippen LogP contribution is -2.31. The first-order valence-electron chi connectivity index (χ1n) is 3.99. The summed E-state index contributed by atoms with van der Waals surface area (Å²) in [6.45, 7) is 7.43. The number of rotatable bonds is 4. The maximum absolute atomic E-state index is 5.67. The van der Waals surface area contributed by atoms with Crippen LogP contribution in [0.2, 0.25) is 0 Å². The van der Waals surface area contributed by atoms with E-state index < -0.39 is 0 Å². The Labute approximate surface area is 79.1 Å². The van der Waals surface area contributed by atoms with Crippen molar-refractivity contribution in [2.24, 2.45) is 22.4 Å². The highest BCUT2D eigenvalue weighted by molar-refractivity contribution is 5.51. The number of hydrogen-bond donors (Lipinski definition) is 3. The van der Waals surface area contributed by atoms with Crippen LogP contribution in [0.3, 0.4) is 0 Å². The summed E-state index contributed by atoms with van der Waals surface area (Å²) in [5.74, 6) is 2.70. The van der Waals surface area contributed by atoms with Gasteiger partial charge in [-0.05, 0) is 6.92 Å². The lowest BCUT2D eigenvalue weighted by atomic mass is 10.1. The molecule has 0 bridgehead atoms. The van der Waals surface area contributed by atoms with Gasteiger partial charge in [-0.1, -0.05) is 19.4 Å². The minimum Gasteiger partial charge on any atom is -0.390 e. The molecule has 0 radical (unpaired) electrons. The molecule has 0 aromatic heterocycles. The second-order valence-electron chi connectivity index (χ2n) is 2.60. The van der Waals surface area contributed by atoms with Crippen LogP contribution in [-0.2, 0) is 0 Å². The fourth-order valence-corrected chi connectivity index (χ4v) is 0.691. The zero-order chi connectivity index (χ0) is 10.3. The average Bonchev–Trinajstić information content (AvgIpc) is 2.13. The van der Waals surface area contributed by atoms with Crippen molar-refractivity contribution in [3.8, 4) is 12.0 Å². The van der Waals surface area contributed by atoms with Crippen molar-refractivity contribution in [3.63, 3.8) is 0 Å². The smallest absolute Gasteiger partial charge is 0.107 e. The van der Waals surface area contributed by atoms with Crippen molar-refractivity contribution < 1.29 is 0 Å². The quantitative estimate of drug-likeness (QED) is 0.246. The normalized spacial score (nSPS) is 14.4. The molecule has 0 rings (SSSR count). The zero-order valence-corrected chi connectivity index (χ0v) is 8.04. The summed E-state index contributed by atoms with van der Waals surface area (Å²) in [4.78, 5) is 3.84. The molecule has 0 aliphatic carbocycles. The van der Waals surface area contributed by atoms with Gasteiger partial charge in [0, 0.05) is 17.7 Å². The summed E-state index contributed by atoms with van der Waals surface area (Å²) >= 11 is 0. The van der Waals surface area contributed by atoms with Crippen LogP contribution in [0.4, 0.5) is 0 Å². The SMILES string of the molecule is C=C(NC#CC)C(C)C(N)N=CN. The van der Waals surface area contributed by atoms with Crippen LogP contribution in [0.1, 0.15) is 13.8 Å². The Hall–Kier alpha value is -1.47. The molecule has 2 unspecified atom stereocenters. The molecule has 0 aliphatic heterocycles. The predicted octanol–water partition coefficient (Wildman–Crippen LogP) is -0.0216. The van der Waals surface area contributed by atoms with E-state index in [2.05, 4.69) is 28.9 Å². The van der Waals surface area contributed by atoms with Crippen LogP contribution in [0.5, 0.6) is 0 Å². The first kappa shape index (κ1) is 11.5. The van der Waals surface area contributed by atoms with E-state index in [1.54, 1.807) is 6.92 Å². The number of nitrogens with two attached hydrogens (primary N) is 2. The molecule has 4 nitrogen and oxygen atoms in total. The van der Waals surface area contributed by atoms with Crippen LogP contribution >= 0.6 is 0 Å². The molecule has 0 aliphatic rings. The van der Waals surface area contributed by atoms with E-state index in [4.69, 9.17) is 11.5 Å². The maximum Gasteiger partial charge on any atom is 0.107 e. The molecule has 72 valence electrons. The number of nitrogens with one attached hydrogen (secondary N) is 1. The van der Waals surface area contributed by atoms with Crippen LogP contribution in [0.15, 0.2) is 17.3 Å². The third-order valence-electron chi connectivity index (χ3n) is 1.67. The number of aliphatic imine (C=N–C) groups is 1. The van der Waals surface area contributed by atoms with Gasteiger partial charge >= 0.3 is 0 Å². The first-order valence-corrected chi connectivity index (χ1v) is 3.99. The Bertz CT molecular complexity index is 246. The fraction of sp³-hybridized carbons (Fsp3) is 0.444. The molecule has 4 heteroatoms. The van der Waals surface area contributed by atoms with Gasteiger partial charge in [0.2, 0.25) is 0 Å². The van der Waals surface area contributed by atoms with Crippen LogP contribution in [0.25, 0.3) is 0 Å². The summed E-state index contributed by atoms with van der Waals surface area (Å²) in [6, 6.07) is 2.69. The van der Waals surface area contributed by atoms with E-state index in [0.29, 0.717) is 0 Å². The molecule has 0 aromatic rings. The number of nitrogens with zero attached hydrogens (tertiary/aromatic N) is 1. The van der Waals surface area contributed by atoms with E-state index >= 15 is 0 Å². The molecular weight excluding hydrogens is 164 g/mol. The van der Waals surface area contributed by atoms with Gasteiger partial charge in [-0.25, -0.2) is 0 Å². The molecular formula is C9H16N4. The summed E-state index contributed by atoms with van der Waals surface area (Å²) in [5, 5.41) is 2.82. The monoisotopic (exact) mass is 180 g/mol. The Morgan fingerprint density at radius 1 is 1.69 bits per heavy atom. The third kappa shape index (κ3) is 4.19. The van der Waals surface area contributed by atoms with Gasteiger partial charge in [0.25, 0.3) is 0 Å². The van der Waals surface area contributed by atoms with Crippen molar-refractivity contribution in [2.45, 2.75) is 20.0 Å². The lowest BCUT2D eigenvalue weighted by molar-refractivity contribution is 0.521. The molecule has 13 heavy (non-hydrogen) atoms. The van der Waals surface area contributed by atoms with E-state index in [0.717, 1.165) is 5.70 Å². The summed E-state index contributed by atoms with van der Waals surface area (Å²) in [7, 11) is 0. The van der Waals surface area contributed by atoms with Crippen molar-refractivity contribution in [1.29, 1.82) is 0 Å². The standard InChI is InChI=1S/C9H16N4/c1-4-5-12-8(3)7(2)9(11)13-6-10/h6-7,9,12H,3,11H2,1-2H3,(H2,10,13). The highest BCUT2D eigenvalue weighted by Crippen LogP contribution is 2.08. The van der Waals surface area contributed by atoms with E-state index in [-0.39, 0.29) is 12.1 Å². The molecule has 0 saturated heterocycles. The molecule has 0 amide bonds. The highest BCUT2D eigenvalue weighted by Gasteiger charge is 2.13. The predicted molar refractivity (Wildman–Crippen MR) is 55.5 cm³/mol. The maximum atomic E-state index is 5.67. The molecule has 0 spiro atoms. The second kappa shape index (κ2) is 6.09. The van der Waals surface area contributed by atoms with Crippen LogP contribution in [0, 0.1) is 17.9 Å².